The van der Waals surface area contributed by atoms with Crippen molar-refractivity contribution in [3.8, 4) is 11.5 Å². The molecule has 3 fully saturated rings. The molecule has 4 heterocycles. The Morgan fingerprint density at radius 3 is 2.62 bits per heavy atom. The number of rotatable bonds is 16. The minimum absolute atomic E-state index is 0.00285. The molecule has 0 saturated carbocycles. The van der Waals surface area contributed by atoms with Crippen LogP contribution in [0.5, 0.6) is 11.5 Å². The smallest absolute Gasteiger partial charge is 0.407 e. The molecule has 4 aliphatic rings. The Balaban J connectivity index is 1.16. The molecular formula is C37H52N4O10S. The van der Waals surface area contributed by atoms with E-state index in [0.717, 1.165) is 44.3 Å². The number of benzene rings is 2. The summed E-state index contributed by atoms with van der Waals surface area (Å²) in [7, 11) is -4.17. The fourth-order valence-electron chi connectivity index (χ4n) is 7.30. The van der Waals surface area contributed by atoms with Crippen molar-refractivity contribution in [2.75, 3.05) is 52.7 Å². The normalized spacial score (nSPS) is 22.3. The first-order chi connectivity index (χ1) is 25.0. The predicted octanol–water partition coefficient (Wildman–Crippen LogP) is 3.87. The minimum Gasteiger partial charge on any atom is -0.454 e. The number of hydrogen-bond donors (Lipinski definition) is 3. The van der Waals surface area contributed by atoms with Gasteiger partial charge in [-0.2, -0.15) is 4.31 Å². The average Bonchev–Trinajstić information content (AvgIpc) is 3.95. The lowest BCUT2D eigenvalue weighted by Gasteiger charge is -2.35. The van der Waals surface area contributed by atoms with E-state index >= 15 is 0 Å². The van der Waals surface area contributed by atoms with Crippen LogP contribution >= 0.6 is 0 Å². The summed E-state index contributed by atoms with van der Waals surface area (Å²) >= 11 is 0. The second-order valence-corrected chi connectivity index (χ2v) is 16.8. The van der Waals surface area contributed by atoms with Gasteiger partial charge in [0.1, 0.15) is 6.10 Å². The van der Waals surface area contributed by atoms with E-state index in [1.54, 1.807) is 6.07 Å². The van der Waals surface area contributed by atoms with E-state index in [1.807, 2.05) is 49.1 Å². The van der Waals surface area contributed by atoms with Gasteiger partial charge < -0.3 is 44.3 Å². The monoisotopic (exact) mass is 744 g/mol. The molecule has 2 aromatic rings. The lowest BCUT2D eigenvalue weighted by molar-refractivity contribution is -0.0907. The molecule has 4 aliphatic heterocycles. The number of sulfonamides is 1. The number of likely N-dealkylation sites (tertiary alicyclic amines) is 1. The Morgan fingerprint density at radius 1 is 1.06 bits per heavy atom. The number of hydrogen-bond acceptors (Lipinski definition) is 10. The van der Waals surface area contributed by atoms with Gasteiger partial charge in [0.2, 0.25) is 16.8 Å². The quantitative estimate of drug-likeness (QED) is 0.215. The third kappa shape index (κ3) is 9.67. The summed E-state index contributed by atoms with van der Waals surface area (Å²) in [6, 6.07) is 12.9. The first-order valence-electron chi connectivity index (χ1n) is 18.3. The number of ether oxygens (including phenoxy) is 5. The molecule has 0 bridgehead atoms. The van der Waals surface area contributed by atoms with Gasteiger partial charge in [0.25, 0.3) is 0 Å². The Bertz CT molecular complexity index is 1620. The Morgan fingerprint density at radius 2 is 1.83 bits per heavy atom. The van der Waals surface area contributed by atoms with E-state index in [-0.39, 0.29) is 49.8 Å². The van der Waals surface area contributed by atoms with Gasteiger partial charge in [-0.25, -0.2) is 18.0 Å². The van der Waals surface area contributed by atoms with Crippen LogP contribution in [0.1, 0.15) is 57.9 Å². The van der Waals surface area contributed by atoms with Crippen molar-refractivity contribution < 1.29 is 46.8 Å². The van der Waals surface area contributed by atoms with Gasteiger partial charge in [-0.1, -0.05) is 50.6 Å². The van der Waals surface area contributed by atoms with E-state index in [9.17, 15) is 23.1 Å². The molecular weight excluding hydrogens is 692 g/mol. The number of aliphatic hydroxyl groups excluding tert-OH is 1. The highest BCUT2D eigenvalue weighted by molar-refractivity contribution is 7.89. The van der Waals surface area contributed by atoms with Gasteiger partial charge in [-0.15, -0.1) is 0 Å². The van der Waals surface area contributed by atoms with Gasteiger partial charge in [0.05, 0.1) is 36.2 Å². The second-order valence-electron chi connectivity index (χ2n) is 14.8. The summed E-state index contributed by atoms with van der Waals surface area (Å²) in [6.07, 6.45) is 2.27. The van der Waals surface area contributed by atoms with Crippen LogP contribution < -0.4 is 20.1 Å². The number of carbonyl (C=O) groups excluding carboxylic acids is 2. The van der Waals surface area contributed by atoms with Gasteiger partial charge in [-0.3, -0.25) is 0 Å². The molecule has 52 heavy (non-hydrogen) atoms. The van der Waals surface area contributed by atoms with Crippen LogP contribution in [0.15, 0.2) is 53.4 Å². The van der Waals surface area contributed by atoms with E-state index in [0.29, 0.717) is 37.5 Å². The van der Waals surface area contributed by atoms with Crippen LogP contribution in [0.4, 0.5) is 9.59 Å². The molecule has 3 saturated heterocycles. The molecule has 0 aliphatic carbocycles. The number of nitrogens with zero attached hydrogens (tertiary/aromatic N) is 2. The summed E-state index contributed by atoms with van der Waals surface area (Å²) in [6.45, 7) is 6.63. The minimum atomic E-state index is -4.17. The molecule has 0 unspecified atom stereocenters. The fraction of sp³-hybridized carbons (Fsp3) is 0.622. The van der Waals surface area contributed by atoms with Crippen molar-refractivity contribution in [2.24, 2.45) is 11.3 Å². The molecule has 6 rings (SSSR count). The van der Waals surface area contributed by atoms with Crippen LogP contribution in [0.2, 0.25) is 0 Å². The molecule has 2 aromatic carbocycles. The molecule has 3 N–H and O–H groups in total. The number of amides is 3. The van der Waals surface area contributed by atoms with E-state index in [4.69, 9.17) is 23.7 Å². The summed E-state index contributed by atoms with van der Waals surface area (Å²) in [5, 5.41) is 17.7. The average molecular weight is 745 g/mol. The van der Waals surface area contributed by atoms with Crippen molar-refractivity contribution in [2.45, 2.75) is 88.2 Å². The SMILES string of the molecule is CC(C)(CCCCNC(=O)N1CCCC1)CN(C[C@@H](O)[C@H](Cc1ccccc1)NC(=O)O[C@H]1CO[C@H]2OCC[C@H]21)S(=O)(=O)c1ccc2c(c1)OCO2. The van der Waals surface area contributed by atoms with E-state index in [1.165, 1.54) is 16.4 Å². The zero-order chi connectivity index (χ0) is 36.7. The highest BCUT2D eigenvalue weighted by atomic mass is 32.2. The topological polar surface area (TPSA) is 165 Å². The molecule has 15 heteroatoms. The number of unbranched alkanes of at least 4 members (excludes halogenated alkanes) is 1. The third-order valence-electron chi connectivity index (χ3n) is 10.2. The summed E-state index contributed by atoms with van der Waals surface area (Å²) < 4.78 is 57.9. The Labute approximate surface area is 306 Å². The predicted molar refractivity (Wildman–Crippen MR) is 190 cm³/mol. The standard InChI is InChI=1S/C37H52N4O10S/c1-37(2,15-6-7-16-38-35(43)40-17-8-9-18-40)24-41(52(45,46)27-12-13-31-32(21-27)50-25-49-31)22-30(42)29(20-26-10-4-3-5-11-26)39-36(44)51-33-23-48-34-28(33)14-19-47-34/h3-5,10-13,21,28-30,33-34,42H,6-9,14-20,22-25H2,1-2H3,(H,38,43)(H,39,44)/t28-,29-,30+,33-,34+/m0/s1. The molecule has 286 valence electrons. The molecule has 3 amide bonds. The third-order valence-corrected chi connectivity index (χ3v) is 12.0. The first kappa shape index (κ1) is 38.1. The van der Waals surface area contributed by atoms with Crippen molar-refractivity contribution in [3.63, 3.8) is 0 Å². The fourth-order valence-corrected chi connectivity index (χ4v) is 8.97. The Hall–Kier alpha value is -3.63. The summed E-state index contributed by atoms with van der Waals surface area (Å²) in [4.78, 5) is 27.5. The van der Waals surface area contributed by atoms with Gasteiger partial charge >= 0.3 is 12.1 Å². The lowest BCUT2D eigenvalue weighted by Crippen LogP contribution is -2.52. The molecule has 0 radical (unpaired) electrons. The van der Waals surface area contributed by atoms with Crippen molar-refractivity contribution in [3.05, 3.63) is 54.1 Å². The summed E-state index contributed by atoms with van der Waals surface area (Å²) in [5.41, 5.74) is 0.341. The number of nitrogens with one attached hydrogen (secondary N) is 2. The van der Waals surface area contributed by atoms with Gasteiger partial charge in [-0.05, 0) is 61.6 Å². The van der Waals surface area contributed by atoms with Crippen LogP contribution in [0.3, 0.4) is 0 Å². The second kappa shape index (κ2) is 17.0. The maximum atomic E-state index is 14.4. The first-order valence-corrected chi connectivity index (χ1v) is 19.8. The van der Waals surface area contributed by atoms with Gasteiger partial charge in [0, 0.05) is 38.8 Å². The Kier molecular flexibility index (Phi) is 12.5. The largest absolute Gasteiger partial charge is 0.454 e. The van der Waals surface area contributed by atoms with Crippen LogP contribution in [-0.4, -0.2) is 112 Å². The highest BCUT2D eigenvalue weighted by Gasteiger charge is 2.44. The maximum absolute atomic E-state index is 14.4. The molecule has 0 aromatic heterocycles. The van der Waals surface area contributed by atoms with Crippen LogP contribution in [0, 0.1) is 11.3 Å². The molecule has 5 atom stereocenters. The van der Waals surface area contributed by atoms with Crippen LogP contribution in [-0.2, 0) is 30.7 Å². The number of carbonyl (C=O) groups is 2. The lowest BCUT2D eigenvalue weighted by atomic mass is 9.87. The van der Waals surface area contributed by atoms with Crippen molar-refractivity contribution in [1.82, 2.24) is 19.8 Å². The van der Waals surface area contributed by atoms with Crippen molar-refractivity contribution >= 4 is 22.1 Å². The van der Waals surface area contributed by atoms with Crippen LogP contribution in [0.25, 0.3) is 0 Å². The number of aliphatic hydroxyl groups is 1. The van der Waals surface area contributed by atoms with E-state index in [2.05, 4.69) is 10.6 Å². The molecule has 0 spiro atoms. The zero-order valence-electron chi connectivity index (χ0n) is 30.0. The van der Waals surface area contributed by atoms with E-state index < -0.39 is 46.1 Å². The highest BCUT2D eigenvalue weighted by Crippen LogP contribution is 2.36. The number of alkyl carbamates (subject to hydrolysis) is 1. The number of fused-ring (bicyclic) bond motifs is 2. The summed E-state index contributed by atoms with van der Waals surface area (Å²) in [5.74, 6) is 0.722. The molecule has 14 nitrogen and oxygen atoms in total. The maximum Gasteiger partial charge on any atom is 0.407 e. The van der Waals surface area contributed by atoms with Gasteiger partial charge in [0.15, 0.2) is 17.8 Å². The number of urea groups is 1. The zero-order valence-corrected chi connectivity index (χ0v) is 30.9. The van der Waals surface area contributed by atoms with Crippen molar-refractivity contribution in [1.29, 1.82) is 0 Å².